The number of nitrogens with zero attached hydrogens (tertiary/aromatic N) is 3. The molecule has 160 valence electrons. The number of piperazine rings is 1. The standard InChI is InChI=1S/C20H29N3O4S2/c24-18(15-16-5-1-2-6-16)21-10-12-22(13-11-21)20(25)19-17(7-14-28-19)29(26,27)23-8-3-4-9-23/h7,14,16H,1-6,8-13,15H2. The fraction of sp³-hybridized carbons (Fsp3) is 0.700. The number of thiophene rings is 1. The molecule has 1 aliphatic carbocycles. The minimum Gasteiger partial charge on any atom is -0.339 e. The highest BCUT2D eigenvalue weighted by molar-refractivity contribution is 7.89. The first-order valence-electron chi connectivity index (χ1n) is 10.6. The zero-order valence-corrected chi connectivity index (χ0v) is 18.3. The van der Waals surface area contributed by atoms with Gasteiger partial charge < -0.3 is 9.80 Å². The lowest BCUT2D eigenvalue weighted by Crippen LogP contribution is -2.50. The first-order valence-corrected chi connectivity index (χ1v) is 12.9. The van der Waals surface area contributed by atoms with E-state index in [1.54, 1.807) is 16.3 Å². The summed E-state index contributed by atoms with van der Waals surface area (Å²) < 4.78 is 27.3. The molecule has 1 aromatic heterocycles. The van der Waals surface area contributed by atoms with E-state index in [0.717, 1.165) is 25.7 Å². The molecule has 2 aliphatic heterocycles. The maximum absolute atomic E-state index is 13.0. The van der Waals surface area contributed by atoms with Crippen LogP contribution < -0.4 is 0 Å². The van der Waals surface area contributed by atoms with Crippen molar-refractivity contribution in [2.24, 2.45) is 5.92 Å². The Kier molecular flexibility index (Phi) is 6.27. The molecule has 1 saturated carbocycles. The van der Waals surface area contributed by atoms with Gasteiger partial charge in [-0.15, -0.1) is 11.3 Å². The van der Waals surface area contributed by atoms with Crippen molar-refractivity contribution >= 4 is 33.2 Å². The van der Waals surface area contributed by atoms with E-state index in [4.69, 9.17) is 0 Å². The Morgan fingerprint density at radius 1 is 0.931 bits per heavy atom. The van der Waals surface area contributed by atoms with Gasteiger partial charge in [0.25, 0.3) is 5.91 Å². The molecule has 7 nitrogen and oxygen atoms in total. The molecule has 0 aromatic carbocycles. The van der Waals surface area contributed by atoms with Crippen LogP contribution in [0.2, 0.25) is 0 Å². The van der Waals surface area contributed by atoms with Gasteiger partial charge in [0.1, 0.15) is 9.77 Å². The molecule has 0 radical (unpaired) electrons. The van der Waals surface area contributed by atoms with Crippen molar-refractivity contribution in [2.45, 2.75) is 49.8 Å². The zero-order chi connectivity index (χ0) is 20.4. The Hall–Kier alpha value is -1.45. The topological polar surface area (TPSA) is 78.0 Å². The average molecular weight is 440 g/mol. The smallest absolute Gasteiger partial charge is 0.265 e. The van der Waals surface area contributed by atoms with Crippen molar-refractivity contribution in [1.29, 1.82) is 0 Å². The molecule has 2 saturated heterocycles. The van der Waals surface area contributed by atoms with E-state index in [-0.39, 0.29) is 16.7 Å². The highest BCUT2D eigenvalue weighted by Gasteiger charge is 2.34. The summed E-state index contributed by atoms with van der Waals surface area (Å²) in [6.07, 6.45) is 7.10. The van der Waals surface area contributed by atoms with Gasteiger partial charge in [-0.3, -0.25) is 9.59 Å². The average Bonchev–Trinajstić information content (AvgIpc) is 3.49. The van der Waals surface area contributed by atoms with Gasteiger partial charge in [-0.05, 0) is 43.0 Å². The van der Waals surface area contributed by atoms with Crippen molar-refractivity contribution in [3.8, 4) is 0 Å². The molecule has 0 atom stereocenters. The van der Waals surface area contributed by atoms with Crippen LogP contribution in [0, 0.1) is 5.92 Å². The van der Waals surface area contributed by atoms with Crippen LogP contribution in [-0.4, -0.2) is 73.6 Å². The van der Waals surface area contributed by atoms with Crippen LogP contribution in [0.25, 0.3) is 0 Å². The number of sulfonamides is 1. The van der Waals surface area contributed by atoms with Crippen LogP contribution in [0.3, 0.4) is 0 Å². The summed E-state index contributed by atoms with van der Waals surface area (Å²) in [5, 5.41) is 1.68. The normalized spacial score (nSPS) is 21.8. The van der Waals surface area contributed by atoms with Gasteiger partial charge >= 0.3 is 0 Å². The molecule has 9 heteroatoms. The molecule has 1 aromatic rings. The Balaban J connectivity index is 1.38. The lowest BCUT2D eigenvalue weighted by atomic mass is 10.0. The summed E-state index contributed by atoms with van der Waals surface area (Å²) in [6, 6.07) is 1.55. The molecule has 3 fully saturated rings. The lowest BCUT2D eigenvalue weighted by molar-refractivity contribution is -0.133. The van der Waals surface area contributed by atoms with E-state index < -0.39 is 10.0 Å². The minimum atomic E-state index is -3.62. The van der Waals surface area contributed by atoms with Gasteiger partial charge in [-0.2, -0.15) is 4.31 Å². The van der Waals surface area contributed by atoms with E-state index in [1.807, 2.05) is 4.90 Å². The third kappa shape index (κ3) is 4.36. The van der Waals surface area contributed by atoms with Crippen LogP contribution in [0.5, 0.6) is 0 Å². The Morgan fingerprint density at radius 3 is 2.21 bits per heavy atom. The largest absolute Gasteiger partial charge is 0.339 e. The summed E-state index contributed by atoms with van der Waals surface area (Å²) in [6.45, 7) is 3.00. The zero-order valence-electron chi connectivity index (χ0n) is 16.7. The van der Waals surface area contributed by atoms with Crippen molar-refractivity contribution in [1.82, 2.24) is 14.1 Å². The van der Waals surface area contributed by atoms with Crippen LogP contribution >= 0.6 is 11.3 Å². The number of hydrogen-bond acceptors (Lipinski definition) is 5. The highest BCUT2D eigenvalue weighted by atomic mass is 32.2. The van der Waals surface area contributed by atoms with Crippen LogP contribution in [-0.2, 0) is 14.8 Å². The predicted molar refractivity (Wildman–Crippen MR) is 111 cm³/mol. The third-order valence-corrected chi connectivity index (χ3v) is 9.34. The van der Waals surface area contributed by atoms with Gasteiger partial charge in [0.05, 0.1) is 0 Å². The van der Waals surface area contributed by atoms with Crippen LogP contribution in [0.1, 0.15) is 54.6 Å². The van der Waals surface area contributed by atoms with Crippen LogP contribution in [0.4, 0.5) is 0 Å². The van der Waals surface area contributed by atoms with Crippen molar-refractivity contribution < 1.29 is 18.0 Å². The minimum absolute atomic E-state index is 0.133. The Morgan fingerprint density at radius 2 is 1.55 bits per heavy atom. The van der Waals surface area contributed by atoms with E-state index in [2.05, 4.69) is 0 Å². The molecule has 4 rings (SSSR count). The molecule has 0 spiro atoms. The summed E-state index contributed by atoms with van der Waals surface area (Å²) in [4.78, 5) is 29.6. The molecule has 29 heavy (non-hydrogen) atoms. The quantitative estimate of drug-likeness (QED) is 0.706. The first kappa shape index (κ1) is 20.8. The summed E-state index contributed by atoms with van der Waals surface area (Å²) >= 11 is 1.19. The van der Waals surface area contributed by atoms with E-state index in [1.165, 1.54) is 28.5 Å². The second-order valence-electron chi connectivity index (χ2n) is 8.25. The number of hydrogen-bond donors (Lipinski definition) is 0. The van der Waals surface area contributed by atoms with E-state index in [0.29, 0.717) is 56.5 Å². The van der Waals surface area contributed by atoms with Gasteiger partial charge in [-0.25, -0.2) is 8.42 Å². The molecule has 0 bridgehead atoms. The van der Waals surface area contributed by atoms with Crippen LogP contribution in [0.15, 0.2) is 16.3 Å². The number of rotatable bonds is 5. The maximum Gasteiger partial charge on any atom is 0.265 e. The summed E-state index contributed by atoms with van der Waals surface area (Å²) in [5.74, 6) is 0.477. The van der Waals surface area contributed by atoms with E-state index >= 15 is 0 Å². The van der Waals surface area contributed by atoms with Gasteiger partial charge in [0, 0.05) is 45.7 Å². The molecule has 2 amide bonds. The lowest BCUT2D eigenvalue weighted by Gasteiger charge is -2.35. The SMILES string of the molecule is O=C(CC1CCCC1)N1CCN(C(=O)c2sccc2S(=O)(=O)N2CCCC2)CC1. The second kappa shape index (κ2) is 8.73. The number of carbonyl (C=O) groups is 2. The predicted octanol–water partition coefficient (Wildman–Crippen LogP) is 2.40. The number of carbonyl (C=O) groups excluding carboxylic acids is 2. The van der Waals surface area contributed by atoms with Crippen molar-refractivity contribution in [3.63, 3.8) is 0 Å². The van der Waals surface area contributed by atoms with Gasteiger partial charge in [0.15, 0.2) is 0 Å². The monoisotopic (exact) mass is 439 g/mol. The van der Waals surface area contributed by atoms with Crippen molar-refractivity contribution in [3.05, 3.63) is 16.3 Å². The highest BCUT2D eigenvalue weighted by Crippen LogP contribution is 2.30. The van der Waals surface area contributed by atoms with Gasteiger partial charge in [0.2, 0.25) is 15.9 Å². The van der Waals surface area contributed by atoms with E-state index in [9.17, 15) is 18.0 Å². The fourth-order valence-corrected chi connectivity index (χ4v) is 7.50. The third-order valence-electron chi connectivity index (χ3n) is 6.36. The summed E-state index contributed by atoms with van der Waals surface area (Å²) in [7, 11) is -3.62. The Labute approximate surface area is 176 Å². The number of amides is 2. The second-order valence-corrected chi connectivity index (χ2v) is 11.1. The molecular weight excluding hydrogens is 410 g/mol. The Bertz CT molecular complexity index is 847. The maximum atomic E-state index is 13.0. The fourth-order valence-electron chi connectivity index (χ4n) is 4.62. The first-order chi connectivity index (χ1) is 14.0. The molecule has 0 N–H and O–H groups in total. The molecular formula is C20H29N3O4S2. The van der Waals surface area contributed by atoms with Crippen molar-refractivity contribution in [2.75, 3.05) is 39.3 Å². The van der Waals surface area contributed by atoms with Gasteiger partial charge in [-0.1, -0.05) is 12.8 Å². The summed E-state index contributed by atoms with van der Waals surface area (Å²) in [5.41, 5.74) is 0. The molecule has 3 heterocycles. The molecule has 0 unspecified atom stereocenters. The molecule has 3 aliphatic rings.